The number of halogens is 1. The first-order valence-corrected chi connectivity index (χ1v) is 6.89. The lowest BCUT2D eigenvalue weighted by atomic mass is 10.1. The average Bonchev–Trinajstić information content (AvgIpc) is 2.49. The van der Waals surface area contributed by atoms with E-state index in [1.54, 1.807) is 38.1 Å². The number of nitrogens with zero attached hydrogens (tertiary/aromatic N) is 3. The van der Waals surface area contributed by atoms with E-state index in [0.717, 1.165) is 0 Å². The molecule has 0 fully saturated rings. The third kappa shape index (κ3) is 2.85. The summed E-state index contributed by atoms with van der Waals surface area (Å²) >= 11 is 5.84. The van der Waals surface area contributed by atoms with Gasteiger partial charge in [-0.25, -0.2) is 9.48 Å². The van der Waals surface area contributed by atoms with Crippen molar-refractivity contribution in [3.8, 4) is 11.8 Å². The Morgan fingerprint density at radius 2 is 2.09 bits per heavy atom. The molecule has 112 valence electrons. The molecule has 0 radical (unpaired) electrons. The summed E-state index contributed by atoms with van der Waals surface area (Å²) in [4.78, 5) is 12.0. The molecule has 0 spiro atoms. The third-order valence-electron chi connectivity index (χ3n) is 3.03. The SMILES string of the molecule is CCOC(=O)c1nn(-c2ccc(Cl)cc2)c(=N)c(C#N)c1C. The average molecular weight is 317 g/mol. The van der Waals surface area contributed by atoms with E-state index >= 15 is 0 Å². The summed E-state index contributed by atoms with van der Waals surface area (Å²) in [6, 6.07) is 8.52. The van der Waals surface area contributed by atoms with Crippen molar-refractivity contribution in [3.05, 3.63) is 51.6 Å². The van der Waals surface area contributed by atoms with E-state index in [-0.39, 0.29) is 23.4 Å². The minimum atomic E-state index is -0.626. The smallest absolute Gasteiger partial charge is 0.359 e. The predicted molar refractivity (Wildman–Crippen MR) is 79.8 cm³/mol. The molecule has 1 aromatic carbocycles. The molecule has 0 aliphatic carbocycles. The summed E-state index contributed by atoms with van der Waals surface area (Å²) in [5, 5.41) is 22.1. The highest BCUT2D eigenvalue weighted by molar-refractivity contribution is 6.30. The van der Waals surface area contributed by atoms with E-state index in [4.69, 9.17) is 21.7 Å². The summed E-state index contributed by atoms with van der Waals surface area (Å²) in [6.07, 6.45) is 0. The van der Waals surface area contributed by atoms with Crippen LogP contribution in [0.1, 0.15) is 28.5 Å². The number of esters is 1. The molecule has 22 heavy (non-hydrogen) atoms. The second-order valence-corrected chi connectivity index (χ2v) is 4.85. The quantitative estimate of drug-likeness (QED) is 0.880. The predicted octanol–water partition coefficient (Wildman–Crippen LogP) is 2.36. The van der Waals surface area contributed by atoms with Gasteiger partial charge < -0.3 is 4.74 Å². The van der Waals surface area contributed by atoms with Gasteiger partial charge in [-0.05, 0) is 38.1 Å². The zero-order valence-electron chi connectivity index (χ0n) is 12.1. The first-order chi connectivity index (χ1) is 10.5. The molecular formula is C15H13ClN4O2. The van der Waals surface area contributed by atoms with Crippen LogP contribution in [0.2, 0.25) is 5.02 Å². The summed E-state index contributed by atoms with van der Waals surface area (Å²) in [5.74, 6) is -0.626. The molecule has 1 N–H and O–H groups in total. The molecule has 0 amide bonds. The maximum atomic E-state index is 12.0. The first kappa shape index (κ1) is 15.7. The van der Waals surface area contributed by atoms with E-state index in [9.17, 15) is 10.1 Å². The lowest BCUT2D eigenvalue weighted by molar-refractivity contribution is 0.0516. The van der Waals surface area contributed by atoms with Crippen LogP contribution in [0.15, 0.2) is 24.3 Å². The number of carbonyl (C=O) groups excluding carboxylic acids is 1. The number of aromatic nitrogens is 2. The molecule has 6 nitrogen and oxygen atoms in total. The number of benzene rings is 1. The van der Waals surface area contributed by atoms with Gasteiger partial charge >= 0.3 is 5.97 Å². The van der Waals surface area contributed by atoms with Crippen molar-refractivity contribution in [3.63, 3.8) is 0 Å². The van der Waals surface area contributed by atoms with Crippen LogP contribution in [0, 0.1) is 23.7 Å². The highest BCUT2D eigenvalue weighted by Crippen LogP contribution is 2.14. The van der Waals surface area contributed by atoms with Gasteiger partial charge in [0.25, 0.3) is 0 Å². The molecule has 0 aliphatic heterocycles. The Morgan fingerprint density at radius 1 is 1.45 bits per heavy atom. The van der Waals surface area contributed by atoms with Gasteiger partial charge in [0, 0.05) is 10.6 Å². The Hall–Kier alpha value is -2.65. The van der Waals surface area contributed by atoms with Crippen LogP contribution in [0.25, 0.3) is 5.69 Å². The fraction of sp³-hybridized carbons (Fsp3) is 0.200. The summed E-state index contributed by atoms with van der Waals surface area (Å²) < 4.78 is 6.17. The highest BCUT2D eigenvalue weighted by atomic mass is 35.5. The minimum Gasteiger partial charge on any atom is -0.461 e. The monoisotopic (exact) mass is 316 g/mol. The Balaban J connectivity index is 2.72. The molecule has 0 saturated heterocycles. The van der Waals surface area contributed by atoms with Crippen molar-refractivity contribution in [1.82, 2.24) is 9.78 Å². The molecule has 0 unspecified atom stereocenters. The number of hydrogen-bond donors (Lipinski definition) is 1. The topological polar surface area (TPSA) is 91.8 Å². The molecule has 1 heterocycles. The van der Waals surface area contributed by atoms with Crippen molar-refractivity contribution < 1.29 is 9.53 Å². The van der Waals surface area contributed by atoms with Crippen molar-refractivity contribution in [2.45, 2.75) is 13.8 Å². The van der Waals surface area contributed by atoms with Gasteiger partial charge in [-0.2, -0.15) is 10.4 Å². The number of ether oxygens (including phenoxy) is 1. The largest absolute Gasteiger partial charge is 0.461 e. The lowest BCUT2D eigenvalue weighted by Crippen LogP contribution is -2.29. The first-order valence-electron chi connectivity index (χ1n) is 6.51. The molecular weight excluding hydrogens is 304 g/mol. The van der Waals surface area contributed by atoms with Crippen LogP contribution < -0.4 is 5.49 Å². The molecule has 2 aromatic rings. The minimum absolute atomic E-state index is 0.0179. The zero-order valence-corrected chi connectivity index (χ0v) is 12.8. The summed E-state index contributed by atoms with van der Waals surface area (Å²) in [6.45, 7) is 3.46. The Morgan fingerprint density at radius 3 is 2.64 bits per heavy atom. The van der Waals surface area contributed by atoms with Crippen LogP contribution in [0.3, 0.4) is 0 Å². The van der Waals surface area contributed by atoms with Gasteiger partial charge in [0.2, 0.25) is 0 Å². The highest BCUT2D eigenvalue weighted by Gasteiger charge is 2.19. The third-order valence-corrected chi connectivity index (χ3v) is 3.28. The molecule has 0 saturated carbocycles. The normalized spacial score (nSPS) is 10.1. The Kier molecular flexibility index (Phi) is 4.59. The Bertz CT molecular complexity index is 819. The van der Waals surface area contributed by atoms with Gasteiger partial charge in [0.1, 0.15) is 11.6 Å². The van der Waals surface area contributed by atoms with Crippen LogP contribution in [0.4, 0.5) is 0 Å². The maximum Gasteiger partial charge on any atom is 0.359 e. The lowest BCUT2D eigenvalue weighted by Gasteiger charge is -2.12. The molecule has 0 bridgehead atoms. The van der Waals surface area contributed by atoms with Gasteiger partial charge in [-0.1, -0.05) is 11.6 Å². The second kappa shape index (κ2) is 6.41. The van der Waals surface area contributed by atoms with Crippen molar-refractivity contribution in [2.24, 2.45) is 0 Å². The van der Waals surface area contributed by atoms with E-state index < -0.39 is 5.97 Å². The molecule has 0 aliphatic rings. The van der Waals surface area contributed by atoms with Crippen LogP contribution >= 0.6 is 11.6 Å². The van der Waals surface area contributed by atoms with E-state index in [1.165, 1.54) is 4.68 Å². The number of nitrogens with one attached hydrogen (secondary N) is 1. The van der Waals surface area contributed by atoms with Gasteiger partial charge in [-0.3, -0.25) is 5.41 Å². The second-order valence-electron chi connectivity index (χ2n) is 4.42. The number of hydrogen-bond acceptors (Lipinski definition) is 5. The van der Waals surface area contributed by atoms with E-state index in [0.29, 0.717) is 16.3 Å². The molecule has 0 atom stereocenters. The van der Waals surface area contributed by atoms with Crippen molar-refractivity contribution >= 4 is 17.6 Å². The number of carbonyl (C=O) groups is 1. The van der Waals surface area contributed by atoms with Crippen molar-refractivity contribution in [1.29, 1.82) is 10.7 Å². The molecule has 1 aromatic heterocycles. The van der Waals surface area contributed by atoms with E-state index in [1.807, 2.05) is 6.07 Å². The Labute approximate surface area is 132 Å². The van der Waals surface area contributed by atoms with Gasteiger partial charge in [-0.15, -0.1) is 0 Å². The van der Waals surface area contributed by atoms with Gasteiger partial charge in [0.15, 0.2) is 11.2 Å². The van der Waals surface area contributed by atoms with Crippen LogP contribution in [-0.2, 0) is 4.74 Å². The van der Waals surface area contributed by atoms with Crippen LogP contribution in [0.5, 0.6) is 0 Å². The standard InChI is InChI=1S/C15H13ClN4O2/c1-3-22-15(21)13-9(2)12(8-17)14(18)20(19-13)11-6-4-10(16)5-7-11/h4-7,18H,3H2,1-2H3. The number of nitriles is 1. The summed E-state index contributed by atoms with van der Waals surface area (Å²) in [7, 11) is 0. The number of rotatable bonds is 3. The van der Waals surface area contributed by atoms with Crippen LogP contribution in [-0.4, -0.2) is 22.4 Å². The molecule has 2 rings (SSSR count). The van der Waals surface area contributed by atoms with Crippen molar-refractivity contribution in [2.75, 3.05) is 6.61 Å². The van der Waals surface area contributed by atoms with Gasteiger partial charge in [0.05, 0.1) is 12.3 Å². The molecule has 7 heteroatoms. The zero-order chi connectivity index (χ0) is 16.3. The fourth-order valence-electron chi connectivity index (χ4n) is 1.93. The fourth-order valence-corrected chi connectivity index (χ4v) is 2.05. The van der Waals surface area contributed by atoms with E-state index in [2.05, 4.69) is 5.10 Å². The maximum absolute atomic E-state index is 12.0. The summed E-state index contributed by atoms with van der Waals surface area (Å²) in [5.41, 5.74) is 0.848.